The molecule has 1 aliphatic carbocycles. The highest BCUT2D eigenvalue weighted by molar-refractivity contribution is 5.47. The van der Waals surface area contributed by atoms with Gasteiger partial charge in [-0.3, -0.25) is 0 Å². The van der Waals surface area contributed by atoms with E-state index in [1.165, 1.54) is 19.3 Å². The van der Waals surface area contributed by atoms with Crippen LogP contribution < -0.4 is 10.1 Å². The highest BCUT2D eigenvalue weighted by atomic mass is 16.5. The SMILES string of the molecule is N#CCOc1ccc(NC2CCC2)cc1. The van der Waals surface area contributed by atoms with Crippen LogP contribution in [0.25, 0.3) is 0 Å². The molecule has 1 saturated carbocycles. The van der Waals surface area contributed by atoms with Crippen molar-refractivity contribution in [1.29, 1.82) is 5.26 Å². The minimum atomic E-state index is 0.107. The number of benzene rings is 1. The third-order valence-electron chi connectivity index (χ3n) is 2.63. The summed E-state index contributed by atoms with van der Waals surface area (Å²) in [5.41, 5.74) is 1.13. The van der Waals surface area contributed by atoms with E-state index in [-0.39, 0.29) is 6.61 Å². The van der Waals surface area contributed by atoms with Crippen molar-refractivity contribution in [2.45, 2.75) is 25.3 Å². The molecule has 0 aromatic heterocycles. The Balaban J connectivity index is 1.88. The standard InChI is InChI=1S/C12H14N2O/c13-8-9-15-12-6-4-11(5-7-12)14-10-2-1-3-10/h4-7,10,14H,1-3,9H2. The van der Waals surface area contributed by atoms with E-state index in [0.29, 0.717) is 6.04 Å². The van der Waals surface area contributed by atoms with Gasteiger partial charge in [0.25, 0.3) is 0 Å². The molecule has 2 rings (SSSR count). The zero-order chi connectivity index (χ0) is 10.5. The maximum atomic E-state index is 8.35. The van der Waals surface area contributed by atoms with Gasteiger partial charge in [0.05, 0.1) is 0 Å². The second-order valence-electron chi connectivity index (χ2n) is 3.74. The highest BCUT2D eigenvalue weighted by Crippen LogP contribution is 2.24. The summed E-state index contributed by atoms with van der Waals surface area (Å²) in [6, 6.07) is 10.3. The average molecular weight is 202 g/mol. The van der Waals surface area contributed by atoms with E-state index in [1.54, 1.807) is 0 Å². The fourth-order valence-corrected chi connectivity index (χ4v) is 1.55. The molecule has 0 heterocycles. The number of hydrogen-bond acceptors (Lipinski definition) is 3. The van der Waals surface area contributed by atoms with Crippen LogP contribution in [0.15, 0.2) is 24.3 Å². The van der Waals surface area contributed by atoms with E-state index >= 15 is 0 Å². The van der Waals surface area contributed by atoms with Gasteiger partial charge in [-0.1, -0.05) is 0 Å². The lowest BCUT2D eigenvalue weighted by atomic mass is 9.93. The lowest BCUT2D eigenvalue weighted by molar-refractivity contribution is 0.368. The van der Waals surface area contributed by atoms with Crippen molar-refractivity contribution in [2.24, 2.45) is 0 Å². The topological polar surface area (TPSA) is 45.0 Å². The molecule has 1 aromatic carbocycles. The van der Waals surface area contributed by atoms with Gasteiger partial charge in [-0.2, -0.15) is 5.26 Å². The first-order valence-electron chi connectivity index (χ1n) is 5.25. The van der Waals surface area contributed by atoms with Crippen molar-refractivity contribution >= 4 is 5.69 Å². The summed E-state index contributed by atoms with van der Waals surface area (Å²) in [7, 11) is 0. The Kier molecular flexibility index (Phi) is 3.08. The first-order chi connectivity index (χ1) is 7.38. The summed E-state index contributed by atoms with van der Waals surface area (Å²) in [5.74, 6) is 0.746. The van der Waals surface area contributed by atoms with Crippen molar-refractivity contribution in [3.63, 3.8) is 0 Å². The summed E-state index contributed by atoms with van der Waals surface area (Å²) in [6.07, 6.45) is 3.88. The van der Waals surface area contributed by atoms with E-state index in [9.17, 15) is 0 Å². The maximum absolute atomic E-state index is 8.35. The van der Waals surface area contributed by atoms with Crippen LogP contribution in [0.1, 0.15) is 19.3 Å². The van der Waals surface area contributed by atoms with Crippen molar-refractivity contribution in [2.75, 3.05) is 11.9 Å². The number of nitrogens with one attached hydrogen (secondary N) is 1. The number of anilines is 1. The summed E-state index contributed by atoms with van der Waals surface area (Å²) in [6.45, 7) is 0.107. The quantitative estimate of drug-likeness (QED) is 0.816. The number of hydrogen-bond donors (Lipinski definition) is 1. The molecular formula is C12H14N2O. The van der Waals surface area contributed by atoms with Gasteiger partial charge in [0.2, 0.25) is 0 Å². The molecule has 0 aliphatic heterocycles. The molecule has 0 unspecified atom stereocenters. The van der Waals surface area contributed by atoms with Crippen LogP contribution in [0.5, 0.6) is 5.75 Å². The Morgan fingerprint density at radius 2 is 2.07 bits per heavy atom. The van der Waals surface area contributed by atoms with Gasteiger partial charge in [-0.05, 0) is 43.5 Å². The minimum Gasteiger partial charge on any atom is -0.479 e. The highest BCUT2D eigenvalue weighted by Gasteiger charge is 2.16. The van der Waals surface area contributed by atoms with Crippen LogP contribution in [0.4, 0.5) is 5.69 Å². The van der Waals surface area contributed by atoms with Crippen LogP contribution in [-0.2, 0) is 0 Å². The van der Waals surface area contributed by atoms with Crippen LogP contribution in [0.3, 0.4) is 0 Å². The predicted molar refractivity (Wildman–Crippen MR) is 58.8 cm³/mol. The summed E-state index contributed by atoms with van der Waals surface area (Å²) in [5, 5.41) is 11.8. The summed E-state index contributed by atoms with van der Waals surface area (Å²) < 4.78 is 5.17. The number of ether oxygens (including phenoxy) is 1. The number of nitriles is 1. The number of nitrogens with zero attached hydrogens (tertiary/aromatic N) is 1. The lowest BCUT2D eigenvalue weighted by Gasteiger charge is -2.27. The largest absolute Gasteiger partial charge is 0.479 e. The average Bonchev–Trinajstić information content (AvgIpc) is 2.22. The molecular weight excluding hydrogens is 188 g/mol. The first kappa shape index (κ1) is 9.85. The van der Waals surface area contributed by atoms with Gasteiger partial charge in [0.15, 0.2) is 6.61 Å². The Bertz CT molecular complexity index is 349. The van der Waals surface area contributed by atoms with Crippen molar-refractivity contribution in [3.05, 3.63) is 24.3 Å². The van der Waals surface area contributed by atoms with E-state index in [4.69, 9.17) is 10.00 Å². The molecule has 0 amide bonds. The second-order valence-corrected chi connectivity index (χ2v) is 3.74. The van der Waals surface area contributed by atoms with E-state index < -0.39 is 0 Å². The van der Waals surface area contributed by atoms with E-state index in [0.717, 1.165) is 11.4 Å². The van der Waals surface area contributed by atoms with E-state index in [2.05, 4.69) is 5.32 Å². The predicted octanol–water partition coefficient (Wildman–Crippen LogP) is 2.55. The monoisotopic (exact) mass is 202 g/mol. The van der Waals surface area contributed by atoms with Crippen LogP contribution in [-0.4, -0.2) is 12.6 Å². The lowest BCUT2D eigenvalue weighted by Crippen LogP contribution is -2.26. The van der Waals surface area contributed by atoms with Gasteiger partial charge in [0.1, 0.15) is 11.8 Å². The molecule has 1 aliphatic rings. The summed E-state index contributed by atoms with van der Waals surface area (Å²) >= 11 is 0. The Morgan fingerprint density at radius 3 is 2.60 bits per heavy atom. The first-order valence-corrected chi connectivity index (χ1v) is 5.25. The molecule has 1 N–H and O–H groups in total. The van der Waals surface area contributed by atoms with Gasteiger partial charge < -0.3 is 10.1 Å². The molecule has 0 saturated heterocycles. The molecule has 3 heteroatoms. The zero-order valence-electron chi connectivity index (χ0n) is 8.57. The molecule has 15 heavy (non-hydrogen) atoms. The minimum absolute atomic E-state index is 0.107. The fourth-order valence-electron chi connectivity index (χ4n) is 1.55. The zero-order valence-corrected chi connectivity index (χ0v) is 8.57. The van der Waals surface area contributed by atoms with Gasteiger partial charge in [0, 0.05) is 11.7 Å². The Labute approximate surface area is 89.7 Å². The van der Waals surface area contributed by atoms with Crippen molar-refractivity contribution < 1.29 is 4.74 Å². The molecule has 0 radical (unpaired) electrons. The van der Waals surface area contributed by atoms with Gasteiger partial charge in [-0.15, -0.1) is 0 Å². The molecule has 1 fully saturated rings. The van der Waals surface area contributed by atoms with Crippen LogP contribution in [0.2, 0.25) is 0 Å². The van der Waals surface area contributed by atoms with E-state index in [1.807, 2.05) is 30.3 Å². The molecule has 1 aromatic rings. The summed E-state index contributed by atoms with van der Waals surface area (Å²) in [4.78, 5) is 0. The Hall–Kier alpha value is -1.69. The van der Waals surface area contributed by atoms with Gasteiger partial charge in [-0.25, -0.2) is 0 Å². The Morgan fingerprint density at radius 1 is 1.33 bits per heavy atom. The molecule has 78 valence electrons. The van der Waals surface area contributed by atoms with Crippen molar-refractivity contribution in [1.82, 2.24) is 0 Å². The maximum Gasteiger partial charge on any atom is 0.174 e. The van der Waals surface area contributed by atoms with Crippen molar-refractivity contribution in [3.8, 4) is 11.8 Å². The fraction of sp³-hybridized carbons (Fsp3) is 0.417. The second kappa shape index (κ2) is 4.70. The smallest absolute Gasteiger partial charge is 0.174 e. The molecule has 3 nitrogen and oxygen atoms in total. The van der Waals surface area contributed by atoms with Gasteiger partial charge >= 0.3 is 0 Å². The third-order valence-corrected chi connectivity index (χ3v) is 2.63. The van der Waals surface area contributed by atoms with Crippen LogP contribution in [0, 0.1) is 11.3 Å². The normalized spacial score (nSPS) is 15.1. The molecule has 0 bridgehead atoms. The van der Waals surface area contributed by atoms with Crippen LogP contribution >= 0.6 is 0 Å². The molecule has 0 spiro atoms. The third kappa shape index (κ3) is 2.63. The molecule has 0 atom stereocenters. The number of rotatable bonds is 4.